The number of amides is 1. The van der Waals surface area contributed by atoms with Gasteiger partial charge in [0, 0.05) is 17.7 Å². The lowest BCUT2D eigenvalue weighted by Crippen LogP contribution is -2.22. The Kier molecular flexibility index (Phi) is 4.66. The first-order chi connectivity index (χ1) is 9.24. The van der Waals surface area contributed by atoms with Gasteiger partial charge in [-0.2, -0.15) is 0 Å². The predicted octanol–water partition coefficient (Wildman–Crippen LogP) is 3.57. The van der Waals surface area contributed by atoms with Crippen LogP contribution in [0.2, 0.25) is 0 Å². The van der Waals surface area contributed by atoms with E-state index in [1.807, 2.05) is 18.2 Å². The van der Waals surface area contributed by atoms with E-state index in [1.165, 1.54) is 0 Å². The Morgan fingerprint density at radius 2 is 2.11 bits per heavy atom. The molecule has 0 aliphatic carbocycles. The molecule has 1 aromatic carbocycles. The fraction of sp³-hybridized carbons (Fsp3) is 0.533. The molecule has 0 bridgehead atoms. The Labute approximate surface area is 114 Å². The van der Waals surface area contributed by atoms with Gasteiger partial charge in [0.1, 0.15) is 0 Å². The van der Waals surface area contributed by atoms with Crippen LogP contribution in [0.15, 0.2) is 18.2 Å². The van der Waals surface area contributed by atoms with Gasteiger partial charge in [-0.05, 0) is 25.0 Å². The number of carbonyl (C=O) groups excluding carboxylic acids is 1. The molecule has 0 spiro atoms. The highest BCUT2D eigenvalue weighted by atomic mass is 16.7. The van der Waals surface area contributed by atoms with Crippen molar-refractivity contribution in [3.05, 3.63) is 18.2 Å². The van der Waals surface area contributed by atoms with Crippen LogP contribution < -0.4 is 14.8 Å². The molecule has 1 N–H and O–H groups in total. The van der Waals surface area contributed by atoms with E-state index in [-0.39, 0.29) is 18.6 Å². The molecule has 0 radical (unpaired) electrons. The number of ether oxygens (including phenoxy) is 2. The first-order valence-corrected chi connectivity index (χ1v) is 6.95. The molecule has 1 aromatic rings. The Bertz CT molecular complexity index is 445. The van der Waals surface area contributed by atoms with Crippen molar-refractivity contribution in [2.24, 2.45) is 5.92 Å². The summed E-state index contributed by atoms with van der Waals surface area (Å²) in [7, 11) is 0. The maximum absolute atomic E-state index is 12.2. The molecule has 4 nitrogen and oxygen atoms in total. The summed E-state index contributed by atoms with van der Waals surface area (Å²) >= 11 is 0. The van der Waals surface area contributed by atoms with Gasteiger partial charge in [-0.15, -0.1) is 0 Å². The Hall–Kier alpha value is -1.71. The second-order valence-electron chi connectivity index (χ2n) is 4.80. The quantitative estimate of drug-likeness (QED) is 0.853. The zero-order chi connectivity index (χ0) is 13.7. The fourth-order valence-corrected chi connectivity index (χ4v) is 2.19. The van der Waals surface area contributed by atoms with Gasteiger partial charge in [0.25, 0.3) is 0 Å². The van der Waals surface area contributed by atoms with Crippen molar-refractivity contribution in [2.45, 2.75) is 39.5 Å². The minimum absolute atomic E-state index is 0.0883. The van der Waals surface area contributed by atoms with Gasteiger partial charge in [-0.3, -0.25) is 4.79 Å². The van der Waals surface area contributed by atoms with E-state index >= 15 is 0 Å². The Morgan fingerprint density at radius 1 is 1.32 bits per heavy atom. The van der Waals surface area contributed by atoms with Gasteiger partial charge in [-0.25, -0.2) is 0 Å². The first kappa shape index (κ1) is 13.7. The highest BCUT2D eigenvalue weighted by Crippen LogP contribution is 2.34. The van der Waals surface area contributed by atoms with Gasteiger partial charge >= 0.3 is 0 Å². The van der Waals surface area contributed by atoms with E-state index in [0.717, 1.165) is 37.1 Å². The van der Waals surface area contributed by atoms with Crippen molar-refractivity contribution < 1.29 is 14.3 Å². The van der Waals surface area contributed by atoms with Crippen molar-refractivity contribution in [3.63, 3.8) is 0 Å². The van der Waals surface area contributed by atoms with Crippen LogP contribution in [0, 0.1) is 5.92 Å². The molecule has 1 aliphatic heterocycles. The number of rotatable bonds is 6. The molecule has 1 atom stereocenters. The summed E-state index contributed by atoms with van der Waals surface area (Å²) in [6, 6.07) is 5.48. The predicted molar refractivity (Wildman–Crippen MR) is 74.5 cm³/mol. The topological polar surface area (TPSA) is 47.6 Å². The van der Waals surface area contributed by atoms with Crippen molar-refractivity contribution in [3.8, 4) is 11.5 Å². The standard InChI is InChI=1S/C15H21NO3/c1-3-5-6-11(4-2)15(17)16-12-7-8-13-14(9-12)19-10-18-13/h7-9,11H,3-6,10H2,1-2H3,(H,16,17). The summed E-state index contributed by atoms with van der Waals surface area (Å²) < 4.78 is 10.5. The minimum atomic E-state index is 0.0883. The van der Waals surface area contributed by atoms with Crippen LogP contribution in [-0.4, -0.2) is 12.7 Å². The number of benzene rings is 1. The maximum atomic E-state index is 12.2. The third kappa shape index (κ3) is 3.40. The van der Waals surface area contributed by atoms with Crippen LogP contribution in [0.3, 0.4) is 0 Å². The van der Waals surface area contributed by atoms with E-state index in [1.54, 1.807) is 0 Å². The molecule has 1 heterocycles. The average Bonchev–Trinajstić information content (AvgIpc) is 2.87. The summed E-state index contributed by atoms with van der Waals surface area (Å²) in [4.78, 5) is 12.2. The minimum Gasteiger partial charge on any atom is -0.454 e. The maximum Gasteiger partial charge on any atom is 0.231 e. The van der Waals surface area contributed by atoms with Crippen LogP contribution in [0.4, 0.5) is 5.69 Å². The zero-order valence-electron chi connectivity index (χ0n) is 11.6. The van der Waals surface area contributed by atoms with Crippen molar-refractivity contribution in [2.75, 3.05) is 12.1 Å². The summed E-state index contributed by atoms with van der Waals surface area (Å²) in [6.45, 7) is 4.45. The van der Waals surface area contributed by atoms with Crippen LogP contribution in [0.5, 0.6) is 11.5 Å². The van der Waals surface area contributed by atoms with Gasteiger partial charge < -0.3 is 14.8 Å². The second kappa shape index (κ2) is 6.45. The highest BCUT2D eigenvalue weighted by molar-refractivity contribution is 5.92. The lowest BCUT2D eigenvalue weighted by Gasteiger charge is -2.14. The Morgan fingerprint density at radius 3 is 2.84 bits per heavy atom. The van der Waals surface area contributed by atoms with Gasteiger partial charge in [0.05, 0.1) is 0 Å². The molecule has 2 rings (SSSR count). The number of unbranched alkanes of at least 4 members (excludes halogenated alkanes) is 1. The average molecular weight is 263 g/mol. The lowest BCUT2D eigenvalue weighted by molar-refractivity contribution is -0.120. The van der Waals surface area contributed by atoms with E-state index < -0.39 is 0 Å². The van der Waals surface area contributed by atoms with E-state index in [9.17, 15) is 4.79 Å². The largest absolute Gasteiger partial charge is 0.454 e. The number of hydrogen-bond acceptors (Lipinski definition) is 3. The molecule has 1 aliphatic rings. The van der Waals surface area contributed by atoms with E-state index in [0.29, 0.717) is 5.75 Å². The number of nitrogens with one attached hydrogen (secondary N) is 1. The highest BCUT2D eigenvalue weighted by Gasteiger charge is 2.18. The lowest BCUT2D eigenvalue weighted by atomic mass is 9.98. The monoisotopic (exact) mass is 263 g/mol. The molecule has 4 heteroatoms. The van der Waals surface area contributed by atoms with E-state index in [4.69, 9.17) is 9.47 Å². The second-order valence-corrected chi connectivity index (χ2v) is 4.80. The molecule has 0 saturated carbocycles. The summed E-state index contributed by atoms with van der Waals surface area (Å²) in [5.74, 6) is 1.61. The Balaban J connectivity index is 1.97. The molecule has 1 amide bonds. The molecular formula is C15H21NO3. The molecule has 104 valence electrons. The third-order valence-corrected chi connectivity index (χ3v) is 3.41. The van der Waals surface area contributed by atoms with Gasteiger partial charge in [0.15, 0.2) is 11.5 Å². The van der Waals surface area contributed by atoms with Crippen molar-refractivity contribution in [1.82, 2.24) is 0 Å². The zero-order valence-corrected chi connectivity index (χ0v) is 11.6. The number of carbonyl (C=O) groups is 1. The molecule has 0 fully saturated rings. The van der Waals surface area contributed by atoms with Gasteiger partial charge in [0.2, 0.25) is 12.7 Å². The molecule has 0 aromatic heterocycles. The van der Waals surface area contributed by atoms with Crippen LogP contribution >= 0.6 is 0 Å². The SMILES string of the molecule is CCCCC(CC)C(=O)Nc1ccc2c(c1)OCO2. The smallest absolute Gasteiger partial charge is 0.231 e. The molecule has 0 saturated heterocycles. The van der Waals surface area contributed by atoms with Crippen LogP contribution in [-0.2, 0) is 4.79 Å². The summed E-state index contributed by atoms with van der Waals surface area (Å²) in [5, 5.41) is 2.96. The summed E-state index contributed by atoms with van der Waals surface area (Å²) in [5.41, 5.74) is 0.768. The molecule has 19 heavy (non-hydrogen) atoms. The van der Waals surface area contributed by atoms with Crippen molar-refractivity contribution in [1.29, 1.82) is 0 Å². The normalized spacial score (nSPS) is 14.2. The van der Waals surface area contributed by atoms with Gasteiger partial charge in [-0.1, -0.05) is 26.7 Å². The fourth-order valence-electron chi connectivity index (χ4n) is 2.19. The first-order valence-electron chi connectivity index (χ1n) is 6.95. The summed E-state index contributed by atoms with van der Waals surface area (Å²) in [6.07, 6.45) is 4.03. The molecular weight excluding hydrogens is 242 g/mol. The molecule has 1 unspecified atom stereocenters. The number of anilines is 1. The number of fused-ring (bicyclic) bond motifs is 1. The third-order valence-electron chi connectivity index (χ3n) is 3.41. The van der Waals surface area contributed by atoms with Crippen molar-refractivity contribution >= 4 is 11.6 Å². The van der Waals surface area contributed by atoms with E-state index in [2.05, 4.69) is 19.2 Å². The van der Waals surface area contributed by atoms with Crippen LogP contribution in [0.1, 0.15) is 39.5 Å². The van der Waals surface area contributed by atoms with Crippen LogP contribution in [0.25, 0.3) is 0 Å². The number of hydrogen-bond donors (Lipinski definition) is 1.